The van der Waals surface area contributed by atoms with E-state index in [-0.39, 0.29) is 11.9 Å². The number of hydrogen-bond donors (Lipinski definition) is 1. The van der Waals surface area contributed by atoms with Crippen LogP contribution in [0.4, 0.5) is 0 Å². The Kier molecular flexibility index (Phi) is 3.30. The third-order valence-corrected chi connectivity index (χ3v) is 4.00. The number of hydrogen-bond acceptors (Lipinski definition) is 3. The van der Waals surface area contributed by atoms with Crippen LogP contribution in [0.2, 0.25) is 0 Å². The maximum atomic E-state index is 12.7. The van der Waals surface area contributed by atoms with E-state index in [1.807, 2.05) is 18.0 Å². The summed E-state index contributed by atoms with van der Waals surface area (Å²) in [6, 6.07) is 1.86. The number of amides is 1. The Morgan fingerprint density at radius 1 is 1.45 bits per heavy atom. The maximum absolute atomic E-state index is 12.7. The molecule has 0 radical (unpaired) electrons. The van der Waals surface area contributed by atoms with Gasteiger partial charge in [-0.25, -0.2) is 0 Å². The summed E-state index contributed by atoms with van der Waals surface area (Å²) in [6.45, 7) is 2.81. The zero-order valence-electron chi connectivity index (χ0n) is 11.8. The fourth-order valence-electron chi connectivity index (χ4n) is 2.90. The summed E-state index contributed by atoms with van der Waals surface area (Å²) in [4.78, 5) is 14.7. The summed E-state index contributed by atoms with van der Waals surface area (Å²) >= 11 is 0. The molecule has 1 amide bonds. The minimum absolute atomic E-state index is 0.0451. The van der Waals surface area contributed by atoms with Crippen LogP contribution in [0.3, 0.4) is 0 Å². The number of carbonyl (C=O) groups is 1. The maximum Gasteiger partial charge on any atom is 0.272 e. The van der Waals surface area contributed by atoms with Crippen LogP contribution < -0.4 is 0 Å². The lowest BCUT2D eigenvalue weighted by molar-refractivity contribution is 0.0594. The van der Waals surface area contributed by atoms with Gasteiger partial charge in [0.15, 0.2) is 0 Å². The fraction of sp³-hybridized carbons (Fsp3) is 0.500. The highest BCUT2D eigenvalue weighted by Crippen LogP contribution is 2.32. The van der Waals surface area contributed by atoms with Crippen molar-refractivity contribution in [1.82, 2.24) is 24.9 Å². The second-order valence-corrected chi connectivity index (χ2v) is 5.32. The van der Waals surface area contributed by atoms with Gasteiger partial charge in [0.2, 0.25) is 0 Å². The van der Waals surface area contributed by atoms with Gasteiger partial charge in [-0.15, -0.1) is 0 Å². The first-order valence-corrected chi connectivity index (χ1v) is 6.97. The highest BCUT2D eigenvalue weighted by atomic mass is 16.2. The Hall–Kier alpha value is -2.11. The van der Waals surface area contributed by atoms with Crippen LogP contribution in [-0.4, -0.2) is 37.3 Å². The van der Waals surface area contributed by atoms with Gasteiger partial charge in [0.1, 0.15) is 5.69 Å². The molecular weight excluding hydrogens is 254 g/mol. The van der Waals surface area contributed by atoms with E-state index in [1.54, 1.807) is 24.0 Å². The predicted molar refractivity (Wildman–Crippen MR) is 74.2 cm³/mol. The molecule has 1 atom stereocenters. The minimum Gasteiger partial charge on any atom is -0.329 e. The van der Waals surface area contributed by atoms with Gasteiger partial charge < -0.3 is 4.90 Å². The third kappa shape index (κ3) is 2.11. The van der Waals surface area contributed by atoms with Crippen LogP contribution in [0.5, 0.6) is 0 Å². The Bertz CT molecular complexity index is 615. The van der Waals surface area contributed by atoms with E-state index >= 15 is 0 Å². The average Bonchev–Trinajstić information content (AvgIpc) is 3.06. The SMILES string of the molecule is Cc1cn[nH]c1C1CCCCN1C(=O)c1ccnn1C. The Morgan fingerprint density at radius 2 is 2.30 bits per heavy atom. The first-order valence-electron chi connectivity index (χ1n) is 6.97. The molecule has 3 heterocycles. The lowest BCUT2D eigenvalue weighted by Gasteiger charge is -2.35. The third-order valence-electron chi connectivity index (χ3n) is 4.00. The molecule has 106 valence electrons. The Morgan fingerprint density at radius 3 is 2.95 bits per heavy atom. The van der Waals surface area contributed by atoms with E-state index in [4.69, 9.17) is 0 Å². The summed E-state index contributed by atoms with van der Waals surface area (Å²) in [5.74, 6) is 0.0451. The highest BCUT2D eigenvalue weighted by Gasteiger charge is 2.31. The number of rotatable bonds is 2. The molecule has 0 bridgehead atoms. The number of piperidine rings is 1. The molecule has 1 aliphatic heterocycles. The molecule has 0 saturated carbocycles. The van der Waals surface area contributed by atoms with Crippen molar-refractivity contribution in [3.8, 4) is 0 Å². The molecular formula is C14H19N5O. The topological polar surface area (TPSA) is 66.8 Å². The number of carbonyl (C=O) groups excluding carboxylic acids is 1. The van der Waals surface area contributed by atoms with Crippen molar-refractivity contribution >= 4 is 5.91 Å². The van der Waals surface area contributed by atoms with Crippen LogP contribution in [0.1, 0.15) is 47.1 Å². The van der Waals surface area contributed by atoms with E-state index in [9.17, 15) is 4.79 Å². The number of aromatic amines is 1. The molecule has 6 heteroatoms. The molecule has 1 N–H and O–H groups in total. The molecule has 1 aliphatic rings. The van der Waals surface area contributed by atoms with Crippen molar-refractivity contribution in [1.29, 1.82) is 0 Å². The second kappa shape index (κ2) is 5.11. The van der Waals surface area contributed by atoms with Crippen LogP contribution in [0, 0.1) is 6.92 Å². The summed E-state index contributed by atoms with van der Waals surface area (Å²) in [5, 5.41) is 11.2. The molecule has 0 spiro atoms. The van der Waals surface area contributed by atoms with Gasteiger partial charge in [-0.1, -0.05) is 0 Å². The van der Waals surface area contributed by atoms with Gasteiger partial charge in [-0.2, -0.15) is 10.2 Å². The largest absolute Gasteiger partial charge is 0.329 e. The Balaban J connectivity index is 1.92. The van der Waals surface area contributed by atoms with Crippen LogP contribution in [-0.2, 0) is 7.05 Å². The van der Waals surface area contributed by atoms with Crippen LogP contribution >= 0.6 is 0 Å². The first kappa shape index (κ1) is 12.9. The van der Waals surface area contributed by atoms with Gasteiger partial charge in [0, 0.05) is 19.8 Å². The summed E-state index contributed by atoms with van der Waals surface area (Å²) < 4.78 is 1.63. The average molecular weight is 273 g/mol. The van der Waals surface area contributed by atoms with E-state index in [0.717, 1.165) is 37.1 Å². The van der Waals surface area contributed by atoms with Crippen molar-refractivity contribution in [2.45, 2.75) is 32.2 Å². The Labute approximate surface area is 117 Å². The van der Waals surface area contributed by atoms with E-state index in [1.165, 1.54) is 0 Å². The zero-order valence-corrected chi connectivity index (χ0v) is 11.8. The van der Waals surface area contributed by atoms with E-state index in [2.05, 4.69) is 15.3 Å². The number of H-pyrrole nitrogens is 1. The molecule has 1 unspecified atom stereocenters. The van der Waals surface area contributed by atoms with Gasteiger partial charge in [0.25, 0.3) is 5.91 Å². The normalized spacial score (nSPS) is 19.3. The smallest absolute Gasteiger partial charge is 0.272 e. The monoisotopic (exact) mass is 273 g/mol. The molecule has 2 aromatic heterocycles. The standard InChI is InChI=1S/C14H19N5O/c1-10-9-15-17-13(10)11-5-3-4-8-19(11)14(20)12-6-7-16-18(12)2/h6-7,9,11H,3-5,8H2,1-2H3,(H,15,17). The molecule has 3 rings (SSSR count). The number of aryl methyl sites for hydroxylation is 2. The van der Waals surface area contributed by atoms with Gasteiger partial charge in [0.05, 0.1) is 17.9 Å². The molecule has 2 aromatic rings. The van der Waals surface area contributed by atoms with Gasteiger partial charge >= 0.3 is 0 Å². The van der Waals surface area contributed by atoms with Crippen molar-refractivity contribution in [2.24, 2.45) is 7.05 Å². The second-order valence-electron chi connectivity index (χ2n) is 5.32. The highest BCUT2D eigenvalue weighted by molar-refractivity contribution is 5.92. The molecule has 1 fully saturated rings. The van der Waals surface area contributed by atoms with E-state index < -0.39 is 0 Å². The van der Waals surface area contributed by atoms with Crippen LogP contribution in [0.15, 0.2) is 18.5 Å². The lowest BCUT2D eigenvalue weighted by Crippen LogP contribution is -2.39. The number of nitrogens with zero attached hydrogens (tertiary/aromatic N) is 4. The molecule has 1 saturated heterocycles. The van der Waals surface area contributed by atoms with Gasteiger partial charge in [-0.3, -0.25) is 14.6 Å². The zero-order chi connectivity index (χ0) is 14.1. The van der Waals surface area contributed by atoms with Crippen molar-refractivity contribution in [3.63, 3.8) is 0 Å². The molecule has 0 aliphatic carbocycles. The summed E-state index contributed by atoms with van der Waals surface area (Å²) in [6.07, 6.45) is 6.64. The fourth-order valence-corrected chi connectivity index (χ4v) is 2.90. The van der Waals surface area contributed by atoms with Crippen molar-refractivity contribution in [2.75, 3.05) is 6.54 Å². The first-order chi connectivity index (χ1) is 9.68. The van der Waals surface area contributed by atoms with Crippen LogP contribution in [0.25, 0.3) is 0 Å². The number of aromatic nitrogens is 4. The van der Waals surface area contributed by atoms with Gasteiger partial charge in [-0.05, 0) is 37.8 Å². The number of likely N-dealkylation sites (tertiary alicyclic amines) is 1. The van der Waals surface area contributed by atoms with Crippen molar-refractivity contribution < 1.29 is 4.79 Å². The predicted octanol–water partition coefficient (Wildman–Crippen LogP) is 1.82. The number of nitrogens with one attached hydrogen (secondary N) is 1. The lowest BCUT2D eigenvalue weighted by atomic mass is 9.97. The van der Waals surface area contributed by atoms with E-state index in [0.29, 0.717) is 5.69 Å². The molecule has 20 heavy (non-hydrogen) atoms. The molecule has 6 nitrogen and oxygen atoms in total. The van der Waals surface area contributed by atoms with Crippen molar-refractivity contribution in [3.05, 3.63) is 35.4 Å². The summed E-state index contributed by atoms with van der Waals surface area (Å²) in [5.41, 5.74) is 2.80. The quantitative estimate of drug-likeness (QED) is 0.907. The minimum atomic E-state index is 0.0451. The summed E-state index contributed by atoms with van der Waals surface area (Å²) in [7, 11) is 1.80. The molecule has 0 aromatic carbocycles.